The van der Waals surface area contributed by atoms with Gasteiger partial charge in [-0.05, 0) is 26.0 Å². The molecule has 1 heterocycles. The van der Waals surface area contributed by atoms with Gasteiger partial charge in [-0.1, -0.05) is 48.5 Å². The third-order valence-corrected chi connectivity index (χ3v) is 4.15. The number of nitrogens with zero attached hydrogens (tertiary/aromatic N) is 2. The number of nitrogens with one attached hydrogen (secondary N) is 2. The first-order chi connectivity index (χ1) is 13.1. The summed E-state index contributed by atoms with van der Waals surface area (Å²) >= 11 is 0. The molecule has 0 aliphatic carbocycles. The second-order valence-corrected chi connectivity index (χ2v) is 6.80. The molecule has 27 heavy (non-hydrogen) atoms. The summed E-state index contributed by atoms with van der Waals surface area (Å²) in [4.78, 5) is 11.8. The van der Waals surface area contributed by atoms with Crippen LogP contribution in [0, 0.1) is 0 Å². The maximum Gasteiger partial charge on any atom is 0.221 e. The maximum absolute atomic E-state index is 11.8. The van der Waals surface area contributed by atoms with Gasteiger partial charge in [0.05, 0.1) is 11.4 Å². The number of carbonyl (C=O) groups excluding carboxylic acids is 1. The fraction of sp³-hybridized carbons (Fsp3) is 0.273. The molecule has 0 saturated heterocycles. The maximum atomic E-state index is 11.8. The summed E-state index contributed by atoms with van der Waals surface area (Å²) < 4.78 is 1.91. The van der Waals surface area contributed by atoms with Crippen molar-refractivity contribution in [3.8, 4) is 16.9 Å². The van der Waals surface area contributed by atoms with E-state index in [-0.39, 0.29) is 11.9 Å². The van der Waals surface area contributed by atoms with E-state index in [4.69, 9.17) is 5.10 Å². The van der Waals surface area contributed by atoms with Gasteiger partial charge in [0.2, 0.25) is 5.91 Å². The van der Waals surface area contributed by atoms with E-state index in [9.17, 15) is 4.79 Å². The molecule has 2 aromatic carbocycles. The minimum Gasteiger partial charge on any atom is -0.354 e. The fourth-order valence-electron chi connectivity index (χ4n) is 2.91. The molecule has 0 saturated carbocycles. The number of benzene rings is 2. The van der Waals surface area contributed by atoms with Crippen LogP contribution in [-0.4, -0.2) is 28.3 Å². The first-order valence-electron chi connectivity index (χ1n) is 9.33. The zero-order valence-electron chi connectivity index (χ0n) is 15.9. The van der Waals surface area contributed by atoms with E-state index < -0.39 is 0 Å². The Hall–Kier alpha value is -2.92. The molecule has 3 aromatic rings. The number of hydrogen-bond donors (Lipinski definition) is 2. The Balaban J connectivity index is 1.73. The van der Waals surface area contributed by atoms with Gasteiger partial charge in [0, 0.05) is 42.9 Å². The van der Waals surface area contributed by atoms with Gasteiger partial charge in [0.1, 0.15) is 0 Å². The molecule has 0 unspecified atom stereocenters. The standard InChI is InChI=1S/C22H26N4O/c1-17(2)24-21(27)13-14-23-15-19-16-26(20-11-7-4-8-12-20)25-22(19)18-9-5-3-6-10-18/h3-12,16-17,23H,13-15H2,1-2H3,(H,24,27). The summed E-state index contributed by atoms with van der Waals surface area (Å²) in [6, 6.07) is 20.4. The van der Waals surface area contributed by atoms with Gasteiger partial charge in [-0.3, -0.25) is 4.79 Å². The Bertz CT molecular complexity index is 857. The van der Waals surface area contributed by atoms with E-state index >= 15 is 0 Å². The van der Waals surface area contributed by atoms with Crippen molar-refractivity contribution in [3.05, 3.63) is 72.4 Å². The number of rotatable bonds is 8. The highest BCUT2D eigenvalue weighted by Gasteiger charge is 2.12. The normalized spacial score (nSPS) is 10.9. The summed E-state index contributed by atoms with van der Waals surface area (Å²) in [7, 11) is 0. The van der Waals surface area contributed by atoms with Crippen molar-refractivity contribution >= 4 is 5.91 Å². The Morgan fingerprint density at radius 1 is 1.04 bits per heavy atom. The molecule has 5 nitrogen and oxygen atoms in total. The molecule has 0 atom stereocenters. The quantitative estimate of drug-likeness (QED) is 0.603. The average molecular weight is 362 g/mol. The minimum absolute atomic E-state index is 0.0702. The Morgan fingerprint density at radius 3 is 2.37 bits per heavy atom. The van der Waals surface area contributed by atoms with Crippen LogP contribution in [0.1, 0.15) is 25.8 Å². The lowest BCUT2D eigenvalue weighted by atomic mass is 10.1. The van der Waals surface area contributed by atoms with Gasteiger partial charge in [0.15, 0.2) is 0 Å². The second-order valence-electron chi connectivity index (χ2n) is 6.80. The van der Waals surface area contributed by atoms with Crippen LogP contribution in [-0.2, 0) is 11.3 Å². The van der Waals surface area contributed by atoms with Gasteiger partial charge < -0.3 is 10.6 Å². The molecule has 2 N–H and O–H groups in total. The lowest BCUT2D eigenvalue weighted by Gasteiger charge is -2.09. The summed E-state index contributed by atoms with van der Waals surface area (Å²) in [6.45, 7) is 5.22. The van der Waals surface area contributed by atoms with Crippen molar-refractivity contribution in [2.24, 2.45) is 0 Å². The topological polar surface area (TPSA) is 59.0 Å². The van der Waals surface area contributed by atoms with E-state index in [1.165, 1.54) is 0 Å². The molecule has 5 heteroatoms. The highest BCUT2D eigenvalue weighted by Crippen LogP contribution is 2.23. The Morgan fingerprint density at radius 2 is 1.70 bits per heavy atom. The number of aromatic nitrogens is 2. The zero-order valence-corrected chi connectivity index (χ0v) is 15.9. The van der Waals surface area contributed by atoms with Gasteiger partial charge >= 0.3 is 0 Å². The molecule has 3 rings (SSSR count). The molecule has 1 amide bonds. The van der Waals surface area contributed by atoms with Gasteiger partial charge in [-0.15, -0.1) is 0 Å². The second kappa shape index (κ2) is 9.14. The van der Waals surface area contributed by atoms with Crippen molar-refractivity contribution in [2.75, 3.05) is 6.54 Å². The van der Waals surface area contributed by atoms with Gasteiger partial charge in [-0.2, -0.15) is 5.10 Å². The van der Waals surface area contributed by atoms with Crippen LogP contribution in [0.5, 0.6) is 0 Å². The van der Waals surface area contributed by atoms with E-state index in [1.54, 1.807) is 0 Å². The van der Waals surface area contributed by atoms with Crippen LogP contribution in [0.15, 0.2) is 66.9 Å². The molecule has 0 aliphatic heterocycles. The van der Waals surface area contributed by atoms with Crippen molar-refractivity contribution in [1.29, 1.82) is 0 Å². The lowest BCUT2D eigenvalue weighted by molar-refractivity contribution is -0.121. The van der Waals surface area contributed by atoms with E-state index in [0.717, 1.165) is 22.5 Å². The molecule has 0 aliphatic rings. The summed E-state index contributed by atoms with van der Waals surface area (Å²) in [5, 5.41) is 11.1. The van der Waals surface area contributed by atoms with Crippen LogP contribution in [0.25, 0.3) is 16.9 Å². The summed E-state index contributed by atoms with van der Waals surface area (Å²) in [6.07, 6.45) is 2.52. The van der Waals surface area contributed by atoms with Crippen molar-refractivity contribution in [2.45, 2.75) is 32.9 Å². The first kappa shape index (κ1) is 18.9. The fourth-order valence-corrected chi connectivity index (χ4v) is 2.91. The van der Waals surface area contributed by atoms with Crippen molar-refractivity contribution in [1.82, 2.24) is 20.4 Å². The Kier molecular flexibility index (Phi) is 6.39. The third kappa shape index (κ3) is 5.28. The van der Waals surface area contributed by atoms with Crippen LogP contribution in [0.3, 0.4) is 0 Å². The smallest absolute Gasteiger partial charge is 0.221 e. The molecule has 0 bridgehead atoms. The monoisotopic (exact) mass is 362 g/mol. The predicted molar refractivity (Wildman–Crippen MR) is 109 cm³/mol. The zero-order chi connectivity index (χ0) is 19.1. The number of carbonyl (C=O) groups is 1. The highest BCUT2D eigenvalue weighted by atomic mass is 16.1. The minimum atomic E-state index is 0.0702. The van der Waals surface area contributed by atoms with Crippen LogP contribution < -0.4 is 10.6 Å². The Labute approximate surface area is 160 Å². The largest absolute Gasteiger partial charge is 0.354 e. The number of amides is 1. The highest BCUT2D eigenvalue weighted by molar-refractivity contribution is 5.76. The van der Waals surface area contributed by atoms with E-state index in [2.05, 4.69) is 29.0 Å². The van der Waals surface area contributed by atoms with Gasteiger partial charge in [-0.25, -0.2) is 4.68 Å². The van der Waals surface area contributed by atoms with E-state index in [1.807, 2.05) is 67.1 Å². The molecular weight excluding hydrogens is 336 g/mol. The first-order valence-corrected chi connectivity index (χ1v) is 9.33. The van der Waals surface area contributed by atoms with Gasteiger partial charge in [0.25, 0.3) is 0 Å². The van der Waals surface area contributed by atoms with Crippen molar-refractivity contribution < 1.29 is 4.79 Å². The predicted octanol–water partition coefficient (Wildman–Crippen LogP) is 3.54. The molecule has 140 valence electrons. The van der Waals surface area contributed by atoms with Crippen LogP contribution in [0.2, 0.25) is 0 Å². The van der Waals surface area contributed by atoms with Crippen molar-refractivity contribution in [3.63, 3.8) is 0 Å². The summed E-state index contributed by atoms with van der Waals surface area (Å²) in [5.41, 5.74) is 4.17. The lowest BCUT2D eigenvalue weighted by Crippen LogP contribution is -2.32. The molecular formula is C22H26N4O. The SMILES string of the molecule is CC(C)NC(=O)CCNCc1cn(-c2ccccc2)nc1-c1ccccc1. The number of hydrogen-bond acceptors (Lipinski definition) is 3. The number of para-hydroxylation sites is 1. The van der Waals surface area contributed by atoms with E-state index in [0.29, 0.717) is 19.5 Å². The average Bonchev–Trinajstić information content (AvgIpc) is 3.10. The molecule has 1 aromatic heterocycles. The van der Waals surface area contributed by atoms with Crippen LogP contribution in [0.4, 0.5) is 0 Å². The third-order valence-electron chi connectivity index (χ3n) is 4.15. The van der Waals surface area contributed by atoms with Crippen LogP contribution >= 0.6 is 0 Å². The molecule has 0 fully saturated rings. The molecule has 0 spiro atoms. The summed E-state index contributed by atoms with van der Waals surface area (Å²) in [5.74, 6) is 0.0702. The molecule has 0 radical (unpaired) electrons.